The van der Waals surface area contributed by atoms with Gasteiger partial charge in [0.1, 0.15) is 5.75 Å². The van der Waals surface area contributed by atoms with E-state index in [4.69, 9.17) is 4.74 Å². The molecule has 2 aromatic carbocycles. The van der Waals surface area contributed by atoms with Crippen LogP contribution in [0.5, 0.6) is 5.75 Å². The molecule has 0 aromatic heterocycles. The van der Waals surface area contributed by atoms with Crippen molar-refractivity contribution in [1.29, 1.82) is 0 Å². The van der Waals surface area contributed by atoms with Crippen LogP contribution in [0.25, 0.3) is 0 Å². The maximum Gasteiger partial charge on any atom is 0.255 e. The van der Waals surface area contributed by atoms with Crippen LogP contribution in [0.1, 0.15) is 37.0 Å². The van der Waals surface area contributed by atoms with Gasteiger partial charge in [-0.05, 0) is 48.7 Å². The van der Waals surface area contributed by atoms with Crippen LogP contribution in [0.2, 0.25) is 0 Å². The Balaban J connectivity index is 1.70. The predicted octanol–water partition coefficient (Wildman–Crippen LogP) is 4.10. The summed E-state index contributed by atoms with van der Waals surface area (Å²) in [6.45, 7) is 5.49. The van der Waals surface area contributed by atoms with Gasteiger partial charge >= 0.3 is 0 Å². The third-order valence-corrected chi connectivity index (χ3v) is 4.17. The van der Waals surface area contributed by atoms with E-state index in [1.54, 1.807) is 17.0 Å². The molecular weight excluding hydrogens is 328 g/mol. The second kappa shape index (κ2) is 8.04. The molecule has 0 spiro atoms. The monoisotopic (exact) mass is 352 g/mol. The minimum absolute atomic E-state index is 0.128. The molecule has 2 aromatic rings. The molecule has 2 amide bonds. The van der Waals surface area contributed by atoms with Crippen molar-refractivity contribution in [2.45, 2.75) is 26.7 Å². The molecule has 3 rings (SSSR count). The van der Waals surface area contributed by atoms with Gasteiger partial charge in [-0.2, -0.15) is 0 Å². The number of hydrogen-bond donors (Lipinski definition) is 1. The summed E-state index contributed by atoms with van der Waals surface area (Å²) in [5.74, 6) is 1.03. The first kappa shape index (κ1) is 18.0. The summed E-state index contributed by atoms with van der Waals surface area (Å²) < 4.78 is 5.68. The lowest BCUT2D eigenvalue weighted by Gasteiger charge is -2.17. The lowest BCUT2D eigenvalue weighted by atomic mass is 10.2. The van der Waals surface area contributed by atoms with E-state index in [0.717, 1.165) is 18.7 Å². The molecule has 1 saturated heterocycles. The predicted molar refractivity (Wildman–Crippen MR) is 103 cm³/mol. The third-order valence-electron chi connectivity index (χ3n) is 4.17. The molecule has 0 bridgehead atoms. The average Bonchev–Trinajstić information content (AvgIpc) is 3.06. The molecule has 0 aliphatic carbocycles. The van der Waals surface area contributed by atoms with E-state index in [1.807, 2.05) is 36.4 Å². The number of rotatable bonds is 6. The molecule has 1 aliphatic heterocycles. The Kier molecular flexibility index (Phi) is 5.56. The second-order valence-corrected chi connectivity index (χ2v) is 6.89. The normalized spacial score (nSPS) is 14.0. The van der Waals surface area contributed by atoms with Crippen molar-refractivity contribution >= 4 is 23.2 Å². The Morgan fingerprint density at radius 1 is 1.19 bits per heavy atom. The largest absolute Gasteiger partial charge is 0.493 e. The highest BCUT2D eigenvalue weighted by atomic mass is 16.5. The number of anilines is 2. The van der Waals surface area contributed by atoms with E-state index >= 15 is 0 Å². The Bertz CT molecular complexity index is 801. The summed E-state index contributed by atoms with van der Waals surface area (Å²) >= 11 is 0. The highest BCUT2D eigenvalue weighted by Gasteiger charge is 2.21. The summed E-state index contributed by atoms with van der Waals surface area (Å²) in [4.78, 5) is 26.2. The molecule has 1 heterocycles. The number of carbonyl (C=O) groups excluding carboxylic acids is 2. The number of hydrogen-bond acceptors (Lipinski definition) is 3. The maximum atomic E-state index is 12.6. The Morgan fingerprint density at radius 2 is 2.00 bits per heavy atom. The van der Waals surface area contributed by atoms with Gasteiger partial charge < -0.3 is 15.0 Å². The number of ether oxygens (including phenoxy) is 1. The van der Waals surface area contributed by atoms with Crippen molar-refractivity contribution in [1.82, 2.24) is 0 Å². The van der Waals surface area contributed by atoms with E-state index < -0.39 is 0 Å². The fraction of sp³-hybridized carbons (Fsp3) is 0.333. The molecule has 26 heavy (non-hydrogen) atoms. The zero-order chi connectivity index (χ0) is 18.5. The summed E-state index contributed by atoms with van der Waals surface area (Å²) in [6.07, 6.45) is 1.46. The van der Waals surface area contributed by atoms with Crippen LogP contribution < -0.4 is 15.0 Å². The van der Waals surface area contributed by atoms with Crippen LogP contribution in [0.4, 0.5) is 11.4 Å². The molecule has 0 radical (unpaired) electrons. The Hall–Kier alpha value is -2.82. The minimum Gasteiger partial charge on any atom is -0.493 e. The zero-order valence-electron chi connectivity index (χ0n) is 15.2. The van der Waals surface area contributed by atoms with E-state index in [9.17, 15) is 9.59 Å². The van der Waals surface area contributed by atoms with Gasteiger partial charge in [0.2, 0.25) is 5.91 Å². The highest BCUT2D eigenvalue weighted by Crippen LogP contribution is 2.24. The van der Waals surface area contributed by atoms with E-state index in [2.05, 4.69) is 19.2 Å². The van der Waals surface area contributed by atoms with E-state index in [0.29, 0.717) is 35.9 Å². The van der Waals surface area contributed by atoms with Crippen molar-refractivity contribution in [3.05, 3.63) is 54.1 Å². The van der Waals surface area contributed by atoms with Gasteiger partial charge in [-0.15, -0.1) is 0 Å². The van der Waals surface area contributed by atoms with Crippen LogP contribution >= 0.6 is 0 Å². The van der Waals surface area contributed by atoms with Gasteiger partial charge in [0, 0.05) is 29.9 Å². The molecule has 0 saturated carbocycles. The number of benzene rings is 2. The standard InChI is InChI=1S/C21H24N2O3/c1-15(2)14-26-19-9-3-6-16(12-19)21(25)22-17-7-4-8-18(13-17)23-11-5-10-20(23)24/h3-4,6-9,12-13,15H,5,10-11,14H2,1-2H3,(H,22,25). The van der Waals surface area contributed by atoms with Gasteiger partial charge in [-0.1, -0.05) is 26.0 Å². The molecule has 0 unspecified atom stereocenters. The van der Waals surface area contributed by atoms with Crippen LogP contribution in [0, 0.1) is 5.92 Å². The minimum atomic E-state index is -0.204. The molecule has 1 N–H and O–H groups in total. The van der Waals surface area contributed by atoms with Crippen molar-refractivity contribution in [3.63, 3.8) is 0 Å². The first-order valence-corrected chi connectivity index (χ1v) is 8.97. The summed E-state index contributed by atoms with van der Waals surface area (Å²) in [6, 6.07) is 14.5. The molecule has 5 heteroatoms. The van der Waals surface area contributed by atoms with Crippen LogP contribution in [0.3, 0.4) is 0 Å². The maximum absolute atomic E-state index is 12.6. The summed E-state index contributed by atoms with van der Waals surface area (Å²) in [7, 11) is 0. The fourth-order valence-corrected chi connectivity index (χ4v) is 2.87. The van der Waals surface area contributed by atoms with Crippen LogP contribution in [0.15, 0.2) is 48.5 Å². The molecule has 0 atom stereocenters. The third kappa shape index (κ3) is 4.42. The van der Waals surface area contributed by atoms with E-state index in [1.165, 1.54) is 0 Å². The molecule has 5 nitrogen and oxygen atoms in total. The van der Waals surface area contributed by atoms with Crippen molar-refractivity contribution < 1.29 is 14.3 Å². The van der Waals surface area contributed by atoms with Gasteiger partial charge in [0.15, 0.2) is 0 Å². The number of nitrogens with zero attached hydrogens (tertiary/aromatic N) is 1. The Labute approximate surface area is 154 Å². The molecule has 136 valence electrons. The van der Waals surface area contributed by atoms with Crippen LogP contribution in [-0.4, -0.2) is 25.0 Å². The highest BCUT2D eigenvalue weighted by molar-refractivity contribution is 6.05. The topological polar surface area (TPSA) is 58.6 Å². The van der Waals surface area contributed by atoms with Gasteiger partial charge in [-0.3, -0.25) is 9.59 Å². The van der Waals surface area contributed by atoms with Crippen LogP contribution in [-0.2, 0) is 4.79 Å². The summed E-state index contributed by atoms with van der Waals surface area (Å²) in [5.41, 5.74) is 2.02. The lowest BCUT2D eigenvalue weighted by Crippen LogP contribution is -2.23. The van der Waals surface area contributed by atoms with E-state index in [-0.39, 0.29) is 11.8 Å². The average molecular weight is 352 g/mol. The van der Waals surface area contributed by atoms with Gasteiger partial charge in [-0.25, -0.2) is 0 Å². The van der Waals surface area contributed by atoms with Crippen molar-refractivity contribution in [3.8, 4) is 5.75 Å². The smallest absolute Gasteiger partial charge is 0.255 e. The van der Waals surface area contributed by atoms with Crippen molar-refractivity contribution in [2.75, 3.05) is 23.4 Å². The first-order chi connectivity index (χ1) is 12.5. The van der Waals surface area contributed by atoms with Gasteiger partial charge in [0.05, 0.1) is 6.61 Å². The zero-order valence-corrected chi connectivity index (χ0v) is 15.2. The molecule has 1 aliphatic rings. The molecule has 1 fully saturated rings. The summed E-state index contributed by atoms with van der Waals surface area (Å²) in [5, 5.41) is 2.90. The SMILES string of the molecule is CC(C)COc1cccc(C(=O)Nc2cccc(N3CCCC3=O)c2)c1. The Morgan fingerprint density at radius 3 is 2.73 bits per heavy atom. The lowest BCUT2D eigenvalue weighted by molar-refractivity contribution is -0.117. The van der Waals surface area contributed by atoms with Gasteiger partial charge in [0.25, 0.3) is 5.91 Å². The first-order valence-electron chi connectivity index (χ1n) is 8.97. The fourth-order valence-electron chi connectivity index (χ4n) is 2.87. The molecular formula is C21H24N2O3. The number of amides is 2. The number of carbonyl (C=O) groups is 2. The second-order valence-electron chi connectivity index (χ2n) is 6.89. The quantitative estimate of drug-likeness (QED) is 0.851. The van der Waals surface area contributed by atoms with Crippen molar-refractivity contribution in [2.24, 2.45) is 5.92 Å². The number of nitrogens with one attached hydrogen (secondary N) is 1.